The fraction of sp³-hybridized carbons (Fsp3) is 0.722. The van der Waals surface area contributed by atoms with E-state index in [1.54, 1.807) is 11.1 Å². The lowest BCUT2D eigenvalue weighted by Crippen LogP contribution is -2.20. The number of hydrogen-bond donors (Lipinski definition) is 1. The molecular formula is C18H30O. The molecule has 0 aliphatic heterocycles. The Kier molecular flexibility index (Phi) is 6.10. The van der Waals surface area contributed by atoms with Gasteiger partial charge in [-0.25, -0.2) is 0 Å². The van der Waals surface area contributed by atoms with E-state index in [1.807, 2.05) is 13.0 Å². The third-order valence-corrected chi connectivity index (χ3v) is 4.24. The van der Waals surface area contributed by atoms with E-state index < -0.39 is 0 Å². The lowest BCUT2D eigenvalue weighted by Gasteiger charge is -2.34. The summed E-state index contributed by atoms with van der Waals surface area (Å²) in [4.78, 5) is 0. The largest absolute Gasteiger partial charge is 0.393 e. The van der Waals surface area contributed by atoms with Crippen molar-refractivity contribution in [3.05, 3.63) is 28.5 Å². The smallest absolute Gasteiger partial charge is 0.0552 e. The molecule has 0 amide bonds. The highest BCUT2D eigenvalue weighted by molar-refractivity contribution is 5.23. The zero-order valence-corrected chi connectivity index (χ0v) is 13.3. The first-order chi connectivity index (χ1) is 8.83. The van der Waals surface area contributed by atoms with Gasteiger partial charge in [-0.2, -0.15) is 0 Å². The van der Waals surface area contributed by atoms with Crippen molar-refractivity contribution in [1.82, 2.24) is 0 Å². The van der Waals surface area contributed by atoms with Crippen LogP contribution in [0, 0.1) is 5.41 Å². The van der Waals surface area contributed by atoms with Crippen molar-refractivity contribution in [3.63, 3.8) is 0 Å². The molecular weight excluding hydrogens is 232 g/mol. The zero-order chi connectivity index (χ0) is 14.5. The molecule has 19 heavy (non-hydrogen) atoms. The number of hydrogen-bond acceptors (Lipinski definition) is 1. The highest BCUT2D eigenvalue weighted by Gasteiger charge is 2.27. The summed E-state index contributed by atoms with van der Waals surface area (Å²) in [6.45, 7) is 11.0. The maximum absolute atomic E-state index is 9.21. The van der Waals surface area contributed by atoms with E-state index in [2.05, 4.69) is 33.4 Å². The van der Waals surface area contributed by atoms with E-state index in [4.69, 9.17) is 0 Å². The molecule has 0 fully saturated rings. The summed E-state index contributed by atoms with van der Waals surface area (Å²) >= 11 is 0. The van der Waals surface area contributed by atoms with Crippen LogP contribution in [0.2, 0.25) is 0 Å². The van der Waals surface area contributed by atoms with Crippen LogP contribution >= 0.6 is 0 Å². The minimum absolute atomic E-state index is 0.262. The van der Waals surface area contributed by atoms with Crippen molar-refractivity contribution < 1.29 is 5.11 Å². The summed E-state index contributed by atoms with van der Waals surface area (Å²) in [6.07, 6.45) is 8.60. The maximum atomic E-state index is 9.21. The Morgan fingerprint density at radius 3 is 2.74 bits per heavy atom. The van der Waals surface area contributed by atoms with Gasteiger partial charge in [-0.15, -0.1) is 5.73 Å². The Labute approximate surface area is 119 Å². The molecule has 0 aromatic carbocycles. The van der Waals surface area contributed by atoms with Gasteiger partial charge in [-0.1, -0.05) is 25.0 Å². The minimum atomic E-state index is -0.262. The van der Waals surface area contributed by atoms with Gasteiger partial charge in [0.05, 0.1) is 6.10 Å². The van der Waals surface area contributed by atoms with Gasteiger partial charge in [-0.05, 0) is 76.4 Å². The fourth-order valence-electron chi connectivity index (χ4n) is 3.02. The van der Waals surface area contributed by atoms with Crippen LogP contribution in [0.1, 0.15) is 73.1 Å². The molecule has 1 aliphatic rings. The molecule has 108 valence electrons. The van der Waals surface area contributed by atoms with Crippen molar-refractivity contribution >= 4 is 0 Å². The first-order valence-corrected chi connectivity index (χ1v) is 7.60. The van der Waals surface area contributed by atoms with Crippen LogP contribution in [0.3, 0.4) is 0 Å². The molecule has 0 bridgehead atoms. The summed E-state index contributed by atoms with van der Waals surface area (Å²) in [6, 6.07) is 0. The topological polar surface area (TPSA) is 20.2 Å². The van der Waals surface area contributed by atoms with Crippen LogP contribution in [-0.2, 0) is 0 Å². The second kappa shape index (κ2) is 7.12. The van der Waals surface area contributed by atoms with Gasteiger partial charge in [0.1, 0.15) is 0 Å². The molecule has 1 nitrogen and oxygen atoms in total. The van der Waals surface area contributed by atoms with Gasteiger partial charge >= 0.3 is 0 Å². The van der Waals surface area contributed by atoms with Crippen LogP contribution in [0.15, 0.2) is 28.5 Å². The van der Waals surface area contributed by atoms with E-state index in [1.165, 1.54) is 31.3 Å². The monoisotopic (exact) mass is 262 g/mol. The van der Waals surface area contributed by atoms with Crippen LogP contribution in [0.4, 0.5) is 0 Å². The van der Waals surface area contributed by atoms with E-state index in [-0.39, 0.29) is 6.10 Å². The Balaban J connectivity index is 2.63. The van der Waals surface area contributed by atoms with Crippen molar-refractivity contribution in [3.8, 4) is 0 Å². The average molecular weight is 262 g/mol. The molecule has 0 aromatic heterocycles. The van der Waals surface area contributed by atoms with Crippen molar-refractivity contribution in [2.24, 2.45) is 5.41 Å². The summed E-state index contributed by atoms with van der Waals surface area (Å²) in [5, 5.41) is 9.21. The van der Waals surface area contributed by atoms with Crippen molar-refractivity contribution in [1.29, 1.82) is 0 Å². The van der Waals surface area contributed by atoms with Gasteiger partial charge in [0.15, 0.2) is 0 Å². The lowest BCUT2D eigenvalue weighted by atomic mass is 9.71. The van der Waals surface area contributed by atoms with Crippen molar-refractivity contribution in [2.75, 3.05) is 0 Å². The number of rotatable bonds is 5. The number of allylic oxidation sites excluding steroid dienone is 2. The molecule has 1 aliphatic carbocycles. The first-order valence-electron chi connectivity index (χ1n) is 7.60. The second-order valence-electron chi connectivity index (χ2n) is 6.71. The summed E-state index contributed by atoms with van der Waals surface area (Å²) < 4.78 is 0. The van der Waals surface area contributed by atoms with Gasteiger partial charge in [0, 0.05) is 0 Å². The minimum Gasteiger partial charge on any atom is -0.393 e. The van der Waals surface area contributed by atoms with Gasteiger partial charge < -0.3 is 5.11 Å². The van der Waals surface area contributed by atoms with E-state index in [0.717, 1.165) is 6.42 Å². The molecule has 1 atom stereocenters. The van der Waals surface area contributed by atoms with Crippen molar-refractivity contribution in [2.45, 2.75) is 79.2 Å². The normalized spacial score (nSPS) is 19.9. The van der Waals surface area contributed by atoms with E-state index in [0.29, 0.717) is 11.8 Å². The van der Waals surface area contributed by atoms with Gasteiger partial charge in [-0.3, -0.25) is 0 Å². The Hall–Kier alpha value is -0.780. The van der Waals surface area contributed by atoms with Crippen LogP contribution in [0.5, 0.6) is 0 Å². The Bertz CT molecular complexity index is 390. The predicted molar refractivity (Wildman–Crippen MR) is 83.1 cm³/mol. The molecule has 1 heteroatoms. The number of aliphatic hydroxyl groups excluding tert-OH is 1. The first kappa shape index (κ1) is 16.3. The Morgan fingerprint density at radius 1 is 1.47 bits per heavy atom. The Morgan fingerprint density at radius 2 is 2.16 bits per heavy atom. The standard InChI is InChI=1S/C18H30O/c1-14(8-6-10-16(3)19)11-12-17-15(2)9-7-13-18(17,4)5/h6,16,19H,7,9-13H2,1-5H3/t8?,16-/m0/s1. The predicted octanol–water partition coefficient (Wildman–Crippen LogP) is 5.17. The quantitative estimate of drug-likeness (QED) is 0.535. The van der Waals surface area contributed by atoms with E-state index >= 15 is 0 Å². The molecule has 0 saturated carbocycles. The van der Waals surface area contributed by atoms with E-state index in [9.17, 15) is 5.11 Å². The molecule has 0 heterocycles. The lowest BCUT2D eigenvalue weighted by molar-refractivity contribution is 0.198. The summed E-state index contributed by atoms with van der Waals surface area (Å²) in [5.41, 5.74) is 8.25. The van der Waals surface area contributed by atoms with Gasteiger partial charge in [0.25, 0.3) is 0 Å². The number of aliphatic hydroxyl groups is 1. The molecule has 0 unspecified atom stereocenters. The molecule has 1 N–H and O–H groups in total. The summed E-state index contributed by atoms with van der Waals surface area (Å²) in [7, 11) is 0. The highest BCUT2D eigenvalue weighted by atomic mass is 16.3. The van der Waals surface area contributed by atoms with Crippen LogP contribution in [0.25, 0.3) is 0 Å². The second-order valence-corrected chi connectivity index (χ2v) is 6.71. The highest BCUT2D eigenvalue weighted by Crippen LogP contribution is 2.42. The van der Waals surface area contributed by atoms with Crippen LogP contribution in [-0.4, -0.2) is 11.2 Å². The SMILES string of the molecule is CC(=C=CC[C@H](C)O)CCC1=C(C)CCCC1(C)C. The molecule has 0 saturated heterocycles. The third kappa shape index (κ3) is 5.38. The molecule has 0 spiro atoms. The molecule has 0 aromatic rings. The third-order valence-electron chi connectivity index (χ3n) is 4.24. The zero-order valence-electron chi connectivity index (χ0n) is 13.3. The maximum Gasteiger partial charge on any atom is 0.0552 e. The van der Waals surface area contributed by atoms with Crippen LogP contribution < -0.4 is 0 Å². The van der Waals surface area contributed by atoms with Gasteiger partial charge in [0.2, 0.25) is 0 Å². The average Bonchev–Trinajstić information content (AvgIpc) is 2.26. The fourth-order valence-corrected chi connectivity index (χ4v) is 3.02. The molecule has 0 radical (unpaired) electrons. The summed E-state index contributed by atoms with van der Waals surface area (Å²) in [5.74, 6) is 0. The molecule has 1 rings (SSSR count).